The largest absolute Gasteiger partial charge is 0.445 e. The molecule has 4 rings (SSSR count). The van der Waals surface area contributed by atoms with Gasteiger partial charge in [-0.3, -0.25) is 4.79 Å². The van der Waals surface area contributed by atoms with Crippen molar-refractivity contribution in [3.63, 3.8) is 0 Å². The quantitative estimate of drug-likeness (QED) is 0.691. The first-order valence-corrected chi connectivity index (χ1v) is 12.1. The molecule has 2 heterocycles. The molecule has 1 amide bonds. The third kappa shape index (κ3) is 4.28. The third-order valence-corrected chi connectivity index (χ3v) is 8.00. The van der Waals surface area contributed by atoms with Crippen molar-refractivity contribution in [2.75, 3.05) is 38.0 Å². The zero-order valence-electron chi connectivity index (χ0n) is 18.2. The Labute approximate surface area is 188 Å². The number of nitrogens with zero attached hydrogens (tertiary/aromatic N) is 2. The Morgan fingerprint density at radius 3 is 2.38 bits per heavy atom. The van der Waals surface area contributed by atoms with Crippen molar-refractivity contribution < 1.29 is 22.7 Å². The lowest BCUT2D eigenvalue weighted by atomic mass is 9.89. The zero-order valence-corrected chi connectivity index (χ0v) is 19.0. The van der Waals surface area contributed by atoms with Crippen molar-refractivity contribution in [1.29, 1.82) is 0 Å². The van der Waals surface area contributed by atoms with Gasteiger partial charge in [-0.05, 0) is 49.4 Å². The maximum Gasteiger partial charge on any atom is 0.339 e. The van der Waals surface area contributed by atoms with Crippen LogP contribution in [0.5, 0.6) is 0 Å². The van der Waals surface area contributed by atoms with E-state index in [2.05, 4.69) is 17.1 Å². The van der Waals surface area contributed by atoms with Crippen molar-refractivity contribution >= 4 is 27.6 Å². The van der Waals surface area contributed by atoms with Crippen LogP contribution in [-0.4, -0.2) is 67.8 Å². The van der Waals surface area contributed by atoms with Crippen molar-refractivity contribution in [2.45, 2.75) is 30.8 Å². The number of benzene rings is 2. The Bertz CT molecular complexity index is 1120. The molecule has 0 aromatic heterocycles. The third-order valence-electron chi connectivity index (χ3n) is 6.09. The van der Waals surface area contributed by atoms with Crippen molar-refractivity contribution in [2.24, 2.45) is 0 Å². The summed E-state index contributed by atoms with van der Waals surface area (Å²) >= 11 is 0. The van der Waals surface area contributed by atoms with Gasteiger partial charge in [0.05, 0.1) is 10.5 Å². The second-order valence-electron chi connectivity index (χ2n) is 8.27. The van der Waals surface area contributed by atoms with E-state index in [1.807, 2.05) is 6.07 Å². The van der Waals surface area contributed by atoms with Gasteiger partial charge in [-0.15, -0.1) is 0 Å². The second kappa shape index (κ2) is 8.65. The van der Waals surface area contributed by atoms with Crippen LogP contribution in [0.3, 0.4) is 0 Å². The van der Waals surface area contributed by atoms with Crippen molar-refractivity contribution in [1.82, 2.24) is 9.21 Å². The van der Waals surface area contributed by atoms with Crippen LogP contribution in [0.2, 0.25) is 0 Å². The number of cyclic esters (lactones) is 1. The number of hydrogen-bond acceptors (Lipinski definition) is 6. The highest BCUT2D eigenvalue weighted by Gasteiger charge is 2.42. The van der Waals surface area contributed by atoms with Gasteiger partial charge in [0.1, 0.15) is 0 Å². The van der Waals surface area contributed by atoms with Crippen molar-refractivity contribution in [3.8, 4) is 0 Å². The molecule has 170 valence electrons. The van der Waals surface area contributed by atoms with Gasteiger partial charge < -0.3 is 15.0 Å². The molecule has 8 nitrogen and oxygen atoms in total. The second-order valence-corrected chi connectivity index (χ2v) is 10.2. The molecule has 0 spiro atoms. The highest BCUT2D eigenvalue weighted by molar-refractivity contribution is 7.89. The SMILES string of the molecule is CCN1CCN(S(=O)(=O)c2ccc(NC(=O)C3(C)Cc4ccccc4C(=O)O3)cc2)CC1. The lowest BCUT2D eigenvalue weighted by molar-refractivity contribution is -0.134. The van der Waals surface area contributed by atoms with E-state index in [9.17, 15) is 18.0 Å². The first kappa shape index (κ1) is 22.4. The molecule has 0 bridgehead atoms. The van der Waals surface area contributed by atoms with Crippen LogP contribution in [0.15, 0.2) is 53.4 Å². The van der Waals surface area contributed by atoms with Crippen LogP contribution < -0.4 is 5.32 Å². The molecule has 32 heavy (non-hydrogen) atoms. The van der Waals surface area contributed by atoms with Gasteiger partial charge >= 0.3 is 5.97 Å². The van der Waals surface area contributed by atoms with Crippen LogP contribution in [-0.2, 0) is 26.0 Å². The minimum Gasteiger partial charge on any atom is -0.445 e. The highest BCUT2D eigenvalue weighted by atomic mass is 32.2. The Morgan fingerprint density at radius 1 is 1.06 bits per heavy atom. The van der Waals surface area contributed by atoms with E-state index in [4.69, 9.17) is 4.74 Å². The summed E-state index contributed by atoms with van der Waals surface area (Å²) in [5.41, 5.74) is 0.300. The molecule has 2 aromatic rings. The lowest BCUT2D eigenvalue weighted by Crippen LogP contribution is -2.49. The number of sulfonamides is 1. The number of likely N-dealkylation sites (N-methyl/N-ethyl adjacent to an activating group) is 1. The Morgan fingerprint density at radius 2 is 1.72 bits per heavy atom. The standard InChI is InChI=1S/C23H27N3O5S/c1-3-25-12-14-26(15-13-25)32(29,30)19-10-8-18(9-11-19)24-22(28)23(2)16-17-6-4-5-7-20(17)21(27)31-23/h4-11H,3,12-16H2,1-2H3,(H,24,28). The van der Waals surface area contributed by atoms with E-state index in [1.165, 1.54) is 16.4 Å². The van der Waals surface area contributed by atoms with Gasteiger partial charge in [-0.1, -0.05) is 25.1 Å². The molecule has 0 radical (unpaired) electrons. The molecule has 2 aliphatic heterocycles. The first-order chi connectivity index (χ1) is 15.2. The van der Waals surface area contributed by atoms with Gasteiger partial charge in [0.25, 0.3) is 5.91 Å². The van der Waals surface area contributed by atoms with E-state index in [0.717, 1.165) is 12.1 Å². The summed E-state index contributed by atoms with van der Waals surface area (Å²) in [4.78, 5) is 27.6. The van der Waals surface area contributed by atoms with E-state index in [-0.39, 0.29) is 11.3 Å². The summed E-state index contributed by atoms with van der Waals surface area (Å²) in [6.45, 7) is 6.88. The number of carbonyl (C=O) groups excluding carboxylic acids is 2. The number of rotatable bonds is 5. The summed E-state index contributed by atoms with van der Waals surface area (Å²) in [7, 11) is -3.59. The molecule has 1 atom stereocenters. The predicted octanol–water partition coefficient (Wildman–Crippen LogP) is 2.12. The van der Waals surface area contributed by atoms with Crippen LogP contribution >= 0.6 is 0 Å². The number of nitrogens with one attached hydrogen (secondary N) is 1. The molecule has 9 heteroatoms. The number of fused-ring (bicyclic) bond motifs is 1. The summed E-state index contributed by atoms with van der Waals surface area (Å²) in [6.07, 6.45) is 0.261. The molecule has 1 fully saturated rings. The lowest BCUT2D eigenvalue weighted by Gasteiger charge is -2.33. The van der Waals surface area contributed by atoms with Gasteiger partial charge in [0.2, 0.25) is 10.0 Å². The number of ether oxygens (including phenoxy) is 1. The highest BCUT2D eigenvalue weighted by Crippen LogP contribution is 2.29. The number of carbonyl (C=O) groups is 2. The fraction of sp³-hybridized carbons (Fsp3) is 0.391. The fourth-order valence-corrected chi connectivity index (χ4v) is 5.49. The minimum atomic E-state index is -3.59. The average Bonchev–Trinajstić information content (AvgIpc) is 2.79. The smallest absolute Gasteiger partial charge is 0.339 e. The number of amides is 1. The molecule has 0 aliphatic carbocycles. The summed E-state index contributed by atoms with van der Waals surface area (Å²) < 4.78 is 32.8. The predicted molar refractivity (Wildman–Crippen MR) is 120 cm³/mol. The average molecular weight is 458 g/mol. The van der Waals surface area contributed by atoms with E-state index in [1.54, 1.807) is 37.3 Å². The van der Waals surface area contributed by atoms with Gasteiger partial charge in [-0.25, -0.2) is 13.2 Å². The van der Waals surface area contributed by atoms with Gasteiger partial charge in [0.15, 0.2) is 5.60 Å². The monoisotopic (exact) mass is 457 g/mol. The van der Waals surface area contributed by atoms with Crippen LogP contribution in [0.25, 0.3) is 0 Å². The maximum absolute atomic E-state index is 12.9. The fourth-order valence-electron chi connectivity index (χ4n) is 4.07. The Hall–Kier alpha value is -2.75. The molecule has 1 N–H and O–H groups in total. The minimum absolute atomic E-state index is 0.185. The van der Waals surface area contributed by atoms with Crippen LogP contribution in [0.4, 0.5) is 5.69 Å². The van der Waals surface area contributed by atoms with Crippen molar-refractivity contribution in [3.05, 3.63) is 59.7 Å². The van der Waals surface area contributed by atoms with E-state index in [0.29, 0.717) is 37.4 Å². The van der Waals surface area contributed by atoms with Crippen LogP contribution in [0, 0.1) is 0 Å². The van der Waals surface area contributed by atoms with Gasteiger partial charge in [0, 0.05) is 38.3 Å². The molecule has 2 aromatic carbocycles. The number of piperazine rings is 1. The normalized spacial score (nSPS) is 22.1. The topological polar surface area (TPSA) is 96.0 Å². The molecular weight excluding hydrogens is 430 g/mol. The summed E-state index contributed by atoms with van der Waals surface area (Å²) in [6, 6.07) is 13.1. The number of esters is 1. The Kier molecular flexibility index (Phi) is 6.07. The van der Waals surface area contributed by atoms with Gasteiger partial charge in [-0.2, -0.15) is 4.31 Å². The first-order valence-electron chi connectivity index (χ1n) is 10.7. The van der Waals surface area contributed by atoms with E-state index >= 15 is 0 Å². The summed E-state index contributed by atoms with van der Waals surface area (Å²) in [5.74, 6) is -0.999. The molecule has 1 saturated heterocycles. The number of anilines is 1. The zero-order chi connectivity index (χ0) is 22.9. The molecular formula is C23H27N3O5S. The Balaban J connectivity index is 1.45. The van der Waals surface area contributed by atoms with Crippen LogP contribution in [0.1, 0.15) is 29.8 Å². The molecule has 1 unspecified atom stereocenters. The molecule has 2 aliphatic rings. The maximum atomic E-state index is 12.9. The summed E-state index contributed by atoms with van der Waals surface area (Å²) in [5, 5.41) is 2.74. The molecule has 0 saturated carbocycles. The number of hydrogen-bond donors (Lipinski definition) is 1. The van der Waals surface area contributed by atoms with E-state index < -0.39 is 27.5 Å².